The molecule has 1 aliphatic heterocycles. The lowest BCUT2D eigenvalue weighted by Gasteiger charge is -2.13. The third-order valence-corrected chi connectivity index (χ3v) is 7.51. The lowest BCUT2D eigenvalue weighted by Crippen LogP contribution is -2.35. The van der Waals surface area contributed by atoms with Crippen molar-refractivity contribution in [1.82, 2.24) is 4.72 Å². The second-order valence-corrected chi connectivity index (χ2v) is 9.98. The molecule has 0 bridgehead atoms. The summed E-state index contributed by atoms with van der Waals surface area (Å²) in [5, 5.41) is 0. The number of sulfone groups is 1. The number of nitrogens with one attached hydrogen (secondary N) is 1. The number of hydrogen-bond donors (Lipinski definition) is 1. The first-order valence-electron chi connectivity index (χ1n) is 5.37. The minimum Gasteiger partial charge on any atom is -0.229 e. The summed E-state index contributed by atoms with van der Waals surface area (Å²) in [5.41, 5.74) is 0. The molecule has 19 heavy (non-hydrogen) atoms. The Labute approximate surface area is 129 Å². The molecule has 0 unspecified atom stereocenters. The van der Waals surface area contributed by atoms with E-state index in [4.69, 9.17) is 0 Å². The summed E-state index contributed by atoms with van der Waals surface area (Å²) in [5.74, 6) is -0.113. The molecule has 5 nitrogen and oxygen atoms in total. The summed E-state index contributed by atoms with van der Waals surface area (Å²) in [6.45, 7) is 0. The zero-order valence-electron chi connectivity index (χ0n) is 9.64. The summed E-state index contributed by atoms with van der Waals surface area (Å²) in [6.07, 6.45) is 0.313. The van der Waals surface area contributed by atoms with Crippen molar-refractivity contribution in [1.29, 1.82) is 0 Å². The van der Waals surface area contributed by atoms with Crippen molar-refractivity contribution < 1.29 is 16.8 Å². The average molecular weight is 433 g/mol. The van der Waals surface area contributed by atoms with Crippen LogP contribution in [0.25, 0.3) is 0 Å². The number of benzene rings is 1. The molecule has 1 saturated heterocycles. The van der Waals surface area contributed by atoms with Gasteiger partial charge in [-0.1, -0.05) is 15.9 Å². The van der Waals surface area contributed by atoms with Crippen molar-refractivity contribution >= 4 is 51.7 Å². The molecule has 1 heterocycles. The van der Waals surface area contributed by atoms with Crippen LogP contribution in [0.4, 0.5) is 0 Å². The van der Waals surface area contributed by atoms with Crippen LogP contribution < -0.4 is 4.72 Å². The van der Waals surface area contributed by atoms with Crippen molar-refractivity contribution in [3.05, 3.63) is 27.1 Å². The predicted octanol–water partition coefficient (Wildman–Crippen LogP) is 1.68. The van der Waals surface area contributed by atoms with Crippen molar-refractivity contribution in [3.63, 3.8) is 0 Å². The zero-order valence-corrected chi connectivity index (χ0v) is 14.4. The number of halogens is 2. The Morgan fingerprint density at radius 3 is 2.53 bits per heavy atom. The smallest absolute Gasteiger partial charge is 0.229 e. The Morgan fingerprint density at radius 2 is 1.95 bits per heavy atom. The van der Waals surface area contributed by atoms with Gasteiger partial charge in [0.25, 0.3) is 0 Å². The van der Waals surface area contributed by atoms with Gasteiger partial charge in [-0.3, -0.25) is 0 Å². The van der Waals surface area contributed by atoms with Crippen LogP contribution in [0.5, 0.6) is 0 Å². The Balaban J connectivity index is 2.26. The molecule has 1 N–H and O–H groups in total. The molecule has 1 aromatic carbocycles. The molecule has 0 aromatic heterocycles. The van der Waals surface area contributed by atoms with E-state index in [1.54, 1.807) is 12.1 Å². The molecule has 1 atom stereocenters. The van der Waals surface area contributed by atoms with E-state index in [1.165, 1.54) is 6.07 Å². The largest absolute Gasteiger partial charge is 0.242 e. The van der Waals surface area contributed by atoms with Crippen LogP contribution >= 0.6 is 31.9 Å². The van der Waals surface area contributed by atoms with Gasteiger partial charge < -0.3 is 0 Å². The minimum absolute atomic E-state index is 0.0276. The fourth-order valence-electron chi connectivity index (χ4n) is 1.85. The topological polar surface area (TPSA) is 80.3 Å². The van der Waals surface area contributed by atoms with Crippen LogP contribution in [0.2, 0.25) is 0 Å². The number of sulfonamides is 1. The van der Waals surface area contributed by atoms with Crippen LogP contribution in [0.15, 0.2) is 32.0 Å². The van der Waals surface area contributed by atoms with Crippen LogP contribution in [0.3, 0.4) is 0 Å². The number of hydrogen-bond acceptors (Lipinski definition) is 4. The van der Waals surface area contributed by atoms with E-state index < -0.39 is 25.9 Å². The Morgan fingerprint density at radius 1 is 1.26 bits per heavy atom. The summed E-state index contributed by atoms with van der Waals surface area (Å²) < 4.78 is 50.6. The van der Waals surface area contributed by atoms with E-state index in [1.807, 2.05) is 0 Å². The van der Waals surface area contributed by atoms with E-state index in [-0.39, 0.29) is 16.4 Å². The molecule has 0 radical (unpaired) electrons. The quantitative estimate of drug-likeness (QED) is 0.787. The first kappa shape index (κ1) is 15.4. The van der Waals surface area contributed by atoms with Crippen molar-refractivity contribution in [2.45, 2.75) is 17.4 Å². The van der Waals surface area contributed by atoms with Gasteiger partial charge in [0.15, 0.2) is 9.84 Å². The van der Waals surface area contributed by atoms with Gasteiger partial charge in [-0.05, 0) is 40.5 Å². The maximum Gasteiger partial charge on any atom is 0.242 e. The van der Waals surface area contributed by atoms with Gasteiger partial charge in [0.2, 0.25) is 10.0 Å². The van der Waals surface area contributed by atoms with Gasteiger partial charge in [0, 0.05) is 15.0 Å². The molecule has 1 aliphatic rings. The molecule has 106 valence electrons. The van der Waals surface area contributed by atoms with Crippen LogP contribution in [-0.4, -0.2) is 34.4 Å². The fourth-order valence-corrected chi connectivity index (χ4v) is 6.41. The lowest BCUT2D eigenvalue weighted by molar-refractivity contribution is 0.562. The molecule has 0 saturated carbocycles. The van der Waals surface area contributed by atoms with E-state index in [0.29, 0.717) is 15.4 Å². The summed E-state index contributed by atoms with van der Waals surface area (Å²) >= 11 is 6.39. The van der Waals surface area contributed by atoms with Crippen LogP contribution in [-0.2, 0) is 19.9 Å². The average Bonchev–Trinajstić information content (AvgIpc) is 2.60. The Bertz CT molecular complexity index is 700. The predicted molar refractivity (Wildman–Crippen MR) is 79.2 cm³/mol. The van der Waals surface area contributed by atoms with Gasteiger partial charge in [-0.2, -0.15) is 0 Å². The molecule has 0 spiro atoms. The van der Waals surface area contributed by atoms with Gasteiger partial charge in [-0.15, -0.1) is 0 Å². The molecular formula is C10H11Br2NO4S2. The highest BCUT2D eigenvalue weighted by Gasteiger charge is 2.32. The first-order chi connectivity index (χ1) is 8.70. The lowest BCUT2D eigenvalue weighted by atomic mass is 10.3. The highest BCUT2D eigenvalue weighted by atomic mass is 79.9. The second-order valence-electron chi connectivity index (χ2n) is 4.30. The third-order valence-electron chi connectivity index (χ3n) is 2.74. The highest BCUT2D eigenvalue weighted by molar-refractivity contribution is 9.11. The summed E-state index contributed by atoms with van der Waals surface area (Å²) in [7, 11) is -6.85. The molecule has 2 rings (SSSR count). The van der Waals surface area contributed by atoms with Gasteiger partial charge in [0.1, 0.15) is 0 Å². The van der Waals surface area contributed by atoms with Gasteiger partial charge in [0.05, 0.1) is 16.4 Å². The van der Waals surface area contributed by atoms with E-state index in [9.17, 15) is 16.8 Å². The third kappa shape index (κ3) is 3.78. The first-order valence-corrected chi connectivity index (χ1v) is 10.3. The van der Waals surface area contributed by atoms with Gasteiger partial charge in [-0.25, -0.2) is 21.6 Å². The van der Waals surface area contributed by atoms with E-state index >= 15 is 0 Å². The number of rotatable bonds is 3. The highest BCUT2D eigenvalue weighted by Crippen LogP contribution is 2.26. The molecule has 0 aliphatic carbocycles. The zero-order chi connectivity index (χ0) is 14.3. The standard InChI is InChI=1S/C10H11Br2NO4S2/c11-7-1-2-9(12)10(5-7)19(16,17)13-8-3-4-18(14,15)6-8/h1-2,5,8,13H,3-4,6H2/t8-/m0/s1. The van der Waals surface area contributed by atoms with Gasteiger partial charge >= 0.3 is 0 Å². The SMILES string of the molecule is O=S1(=O)CC[C@H](NS(=O)(=O)c2cc(Br)ccc2Br)C1. The Hall–Kier alpha value is 0.0400. The maximum absolute atomic E-state index is 12.2. The summed E-state index contributed by atoms with van der Waals surface area (Å²) in [6, 6.07) is 4.24. The Kier molecular flexibility index (Phi) is 4.41. The molecular weight excluding hydrogens is 422 g/mol. The van der Waals surface area contributed by atoms with Crippen molar-refractivity contribution in [2.24, 2.45) is 0 Å². The maximum atomic E-state index is 12.2. The van der Waals surface area contributed by atoms with Crippen LogP contribution in [0, 0.1) is 0 Å². The minimum atomic E-state index is -3.74. The second kappa shape index (κ2) is 5.44. The molecule has 9 heteroatoms. The van der Waals surface area contributed by atoms with E-state index in [0.717, 1.165) is 0 Å². The normalized spacial score (nSPS) is 22.5. The van der Waals surface area contributed by atoms with Crippen molar-refractivity contribution in [2.75, 3.05) is 11.5 Å². The van der Waals surface area contributed by atoms with E-state index in [2.05, 4.69) is 36.6 Å². The molecule has 1 aromatic rings. The van der Waals surface area contributed by atoms with Crippen molar-refractivity contribution in [3.8, 4) is 0 Å². The summed E-state index contributed by atoms with van der Waals surface area (Å²) in [4.78, 5) is 0.0890. The molecule has 0 amide bonds. The van der Waals surface area contributed by atoms with Crippen LogP contribution in [0.1, 0.15) is 6.42 Å². The molecule has 1 fully saturated rings. The fraction of sp³-hybridized carbons (Fsp3) is 0.400. The monoisotopic (exact) mass is 431 g/mol.